The minimum atomic E-state index is -0.211. The Labute approximate surface area is 117 Å². The summed E-state index contributed by atoms with van der Waals surface area (Å²) in [6.07, 6.45) is 2.56. The summed E-state index contributed by atoms with van der Waals surface area (Å²) in [5, 5.41) is 0. The summed E-state index contributed by atoms with van der Waals surface area (Å²) < 4.78 is 5.37. The third kappa shape index (κ3) is 3.54. The molecular formula is C13H21N3O2S. The fraction of sp³-hybridized carbons (Fsp3) is 0.615. The van der Waals surface area contributed by atoms with E-state index in [1.54, 1.807) is 7.11 Å². The number of carbonyl (C=O) groups is 1. The zero-order valence-electron chi connectivity index (χ0n) is 11.4. The molecular weight excluding hydrogens is 262 g/mol. The van der Waals surface area contributed by atoms with Crippen LogP contribution in [0.25, 0.3) is 0 Å². The van der Waals surface area contributed by atoms with Gasteiger partial charge in [0.2, 0.25) is 0 Å². The molecule has 0 unspecified atom stereocenters. The van der Waals surface area contributed by atoms with Gasteiger partial charge < -0.3 is 4.74 Å². The highest BCUT2D eigenvalue weighted by Crippen LogP contribution is 2.24. The number of likely N-dealkylation sites (tertiary alicyclic amines) is 1. The zero-order valence-corrected chi connectivity index (χ0v) is 12.3. The standard InChI is InChI=1S/C13H21N3O2S/c1-9-10(7-12(19-9)13(17)15-14)8-16-5-3-11(18-2)4-6-16/h7,11H,3-6,8,14H2,1-2H3,(H,15,17). The van der Waals surface area contributed by atoms with Gasteiger partial charge in [0.05, 0.1) is 11.0 Å². The van der Waals surface area contributed by atoms with Crippen LogP contribution in [-0.2, 0) is 11.3 Å². The Morgan fingerprint density at radius 2 is 2.26 bits per heavy atom. The number of hydrogen-bond donors (Lipinski definition) is 2. The first-order valence-corrected chi connectivity index (χ1v) is 7.31. The molecule has 1 amide bonds. The summed E-state index contributed by atoms with van der Waals surface area (Å²) in [7, 11) is 1.78. The lowest BCUT2D eigenvalue weighted by atomic mass is 10.1. The number of piperidine rings is 1. The van der Waals surface area contributed by atoms with Crippen LogP contribution in [0.2, 0.25) is 0 Å². The molecule has 6 heteroatoms. The van der Waals surface area contributed by atoms with E-state index in [1.807, 2.05) is 6.07 Å². The molecule has 1 aromatic rings. The smallest absolute Gasteiger partial charge is 0.275 e. The molecule has 0 aromatic carbocycles. The van der Waals surface area contributed by atoms with Crippen LogP contribution in [0.5, 0.6) is 0 Å². The van der Waals surface area contributed by atoms with Gasteiger partial charge in [0.25, 0.3) is 5.91 Å². The molecule has 2 heterocycles. The lowest BCUT2D eigenvalue weighted by molar-refractivity contribution is 0.0388. The molecule has 0 aliphatic carbocycles. The van der Waals surface area contributed by atoms with Crippen molar-refractivity contribution in [3.63, 3.8) is 0 Å². The quantitative estimate of drug-likeness (QED) is 0.496. The fourth-order valence-corrected chi connectivity index (χ4v) is 3.34. The first kappa shape index (κ1) is 14.5. The van der Waals surface area contributed by atoms with Crippen molar-refractivity contribution in [1.29, 1.82) is 0 Å². The number of nitrogen functional groups attached to an aromatic ring is 1. The van der Waals surface area contributed by atoms with Gasteiger partial charge in [-0.2, -0.15) is 0 Å². The Morgan fingerprint density at radius 3 is 2.84 bits per heavy atom. The lowest BCUT2D eigenvalue weighted by Gasteiger charge is -2.31. The van der Waals surface area contributed by atoms with Crippen LogP contribution >= 0.6 is 11.3 Å². The minimum Gasteiger partial charge on any atom is -0.381 e. The second-order valence-electron chi connectivity index (χ2n) is 4.88. The van der Waals surface area contributed by atoms with E-state index < -0.39 is 0 Å². The van der Waals surface area contributed by atoms with Crippen LogP contribution in [0.1, 0.15) is 33.0 Å². The summed E-state index contributed by atoms with van der Waals surface area (Å²) in [5.74, 6) is 4.95. The molecule has 1 aliphatic rings. The van der Waals surface area contributed by atoms with E-state index >= 15 is 0 Å². The van der Waals surface area contributed by atoms with Gasteiger partial charge in [-0.25, -0.2) is 5.84 Å². The van der Waals surface area contributed by atoms with Crippen molar-refractivity contribution >= 4 is 17.2 Å². The second-order valence-corrected chi connectivity index (χ2v) is 6.13. The number of ether oxygens (including phenoxy) is 1. The third-order valence-electron chi connectivity index (χ3n) is 3.64. The van der Waals surface area contributed by atoms with Crippen molar-refractivity contribution < 1.29 is 9.53 Å². The molecule has 1 aliphatic heterocycles. The predicted octanol–water partition coefficient (Wildman–Crippen LogP) is 1.27. The number of nitrogens with zero attached hydrogens (tertiary/aromatic N) is 1. The molecule has 3 N–H and O–H groups in total. The fourth-order valence-electron chi connectivity index (χ4n) is 2.40. The normalized spacial score (nSPS) is 17.6. The zero-order chi connectivity index (χ0) is 13.8. The summed E-state index contributed by atoms with van der Waals surface area (Å²) in [6, 6.07) is 1.95. The van der Waals surface area contributed by atoms with E-state index in [4.69, 9.17) is 10.6 Å². The number of hydrogen-bond acceptors (Lipinski definition) is 5. The summed E-state index contributed by atoms with van der Waals surface area (Å²) >= 11 is 1.50. The van der Waals surface area contributed by atoms with Gasteiger partial charge in [-0.15, -0.1) is 11.3 Å². The highest BCUT2D eigenvalue weighted by Gasteiger charge is 2.20. The lowest BCUT2D eigenvalue weighted by Crippen LogP contribution is -2.36. The van der Waals surface area contributed by atoms with Gasteiger partial charge in [0, 0.05) is 31.6 Å². The topological polar surface area (TPSA) is 67.6 Å². The van der Waals surface area contributed by atoms with Gasteiger partial charge in [0.1, 0.15) is 0 Å². The van der Waals surface area contributed by atoms with E-state index in [1.165, 1.54) is 21.8 Å². The first-order chi connectivity index (χ1) is 9.13. The van der Waals surface area contributed by atoms with Crippen molar-refractivity contribution in [3.8, 4) is 0 Å². The van der Waals surface area contributed by atoms with E-state index in [-0.39, 0.29) is 5.91 Å². The van der Waals surface area contributed by atoms with Crippen molar-refractivity contribution in [2.75, 3.05) is 20.2 Å². The first-order valence-electron chi connectivity index (χ1n) is 6.49. The van der Waals surface area contributed by atoms with Crippen molar-refractivity contribution in [1.82, 2.24) is 10.3 Å². The number of hydrazine groups is 1. The highest BCUT2D eigenvalue weighted by atomic mass is 32.1. The number of thiophene rings is 1. The SMILES string of the molecule is COC1CCN(Cc2cc(C(=O)NN)sc2C)CC1. The van der Waals surface area contributed by atoms with Crippen molar-refractivity contribution in [2.45, 2.75) is 32.4 Å². The van der Waals surface area contributed by atoms with Gasteiger partial charge in [-0.3, -0.25) is 15.1 Å². The number of nitrogens with two attached hydrogens (primary N) is 1. The van der Waals surface area contributed by atoms with Gasteiger partial charge in [-0.05, 0) is 31.4 Å². The van der Waals surface area contributed by atoms with Crippen LogP contribution in [0, 0.1) is 6.92 Å². The largest absolute Gasteiger partial charge is 0.381 e. The molecule has 106 valence electrons. The van der Waals surface area contributed by atoms with Crippen LogP contribution in [0.3, 0.4) is 0 Å². The maximum atomic E-state index is 11.5. The molecule has 5 nitrogen and oxygen atoms in total. The maximum Gasteiger partial charge on any atom is 0.275 e. The Morgan fingerprint density at radius 1 is 1.58 bits per heavy atom. The Kier molecular flexibility index (Phi) is 4.93. The predicted molar refractivity (Wildman–Crippen MR) is 76.0 cm³/mol. The van der Waals surface area contributed by atoms with Crippen molar-refractivity contribution in [3.05, 3.63) is 21.4 Å². The molecule has 19 heavy (non-hydrogen) atoms. The number of nitrogens with one attached hydrogen (secondary N) is 1. The third-order valence-corrected chi connectivity index (χ3v) is 4.73. The average molecular weight is 283 g/mol. The minimum absolute atomic E-state index is 0.211. The summed E-state index contributed by atoms with van der Waals surface area (Å²) in [4.78, 5) is 15.8. The monoisotopic (exact) mass is 283 g/mol. The van der Waals surface area contributed by atoms with Crippen LogP contribution in [-0.4, -0.2) is 37.1 Å². The van der Waals surface area contributed by atoms with Gasteiger partial charge in [-0.1, -0.05) is 0 Å². The van der Waals surface area contributed by atoms with Crippen LogP contribution < -0.4 is 11.3 Å². The molecule has 0 radical (unpaired) electrons. The Hall–Kier alpha value is -0.950. The van der Waals surface area contributed by atoms with Gasteiger partial charge in [0.15, 0.2) is 0 Å². The average Bonchev–Trinajstić information content (AvgIpc) is 2.80. The number of aryl methyl sites for hydroxylation is 1. The van der Waals surface area contributed by atoms with E-state index in [2.05, 4.69) is 17.2 Å². The molecule has 2 rings (SSSR count). The Bertz CT molecular complexity index is 439. The molecule has 0 atom stereocenters. The Balaban J connectivity index is 1.96. The van der Waals surface area contributed by atoms with Crippen LogP contribution in [0.4, 0.5) is 0 Å². The molecule has 0 saturated carbocycles. The second kappa shape index (κ2) is 6.47. The number of methoxy groups -OCH3 is 1. The number of carbonyl (C=O) groups excluding carboxylic acids is 1. The van der Waals surface area contributed by atoms with E-state index in [0.717, 1.165) is 32.5 Å². The number of amides is 1. The maximum absolute atomic E-state index is 11.5. The number of rotatable bonds is 4. The summed E-state index contributed by atoms with van der Waals surface area (Å²) in [6.45, 7) is 5.05. The van der Waals surface area contributed by atoms with E-state index in [0.29, 0.717) is 11.0 Å². The molecule has 1 saturated heterocycles. The molecule has 0 bridgehead atoms. The molecule has 1 fully saturated rings. The van der Waals surface area contributed by atoms with Gasteiger partial charge >= 0.3 is 0 Å². The van der Waals surface area contributed by atoms with Crippen molar-refractivity contribution in [2.24, 2.45) is 5.84 Å². The van der Waals surface area contributed by atoms with E-state index in [9.17, 15) is 4.79 Å². The summed E-state index contributed by atoms with van der Waals surface area (Å²) in [5.41, 5.74) is 3.40. The molecule has 0 spiro atoms. The highest BCUT2D eigenvalue weighted by molar-refractivity contribution is 7.14. The molecule has 1 aromatic heterocycles. The van der Waals surface area contributed by atoms with Crippen LogP contribution in [0.15, 0.2) is 6.07 Å².